The summed E-state index contributed by atoms with van der Waals surface area (Å²) in [4.78, 5) is 18.1. The Morgan fingerprint density at radius 2 is 1.97 bits per heavy atom. The number of nitrogens with one attached hydrogen (secondary N) is 2. The number of ether oxygens (including phenoxy) is 1. The van der Waals surface area contributed by atoms with Gasteiger partial charge in [0, 0.05) is 42.9 Å². The van der Waals surface area contributed by atoms with Crippen LogP contribution in [0.15, 0.2) is 35.5 Å². The Balaban J connectivity index is 2.09. The van der Waals surface area contributed by atoms with Crippen LogP contribution in [0.4, 0.5) is 33.3 Å². The Hall–Kier alpha value is -2.80. The number of carbonyl (C=O) groups excluding carboxylic acids is 1. The maximum absolute atomic E-state index is 14.7. The summed E-state index contributed by atoms with van der Waals surface area (Å²) in [6.45, 7) is 2.29. The molecule has 1 amide bonds. The van der Waals surface area contributed by atoms with Crippen LogP contribution in [0.1, 0.15) is 31.7 Å². The third-order valence-corrected chi connectivity index (χ3v) is 6.95. The Kier molecular flexibility index (Phi) is 7.15. The number of halogens is 5. The second-order valence-electron chi connectivity index (χ2n) is 8.71. The van der Waals surface area contributed by atoms with Gasteiger partial charge in [0.25, 0.3) is 0 Å². The van der Waals surface area contributed by atoms with E-state index in [1.54, 1.807) is 13.8 Å². The number of nitrogens with zero attached hydrogens (tertiary/aromatic N) is 2. The fourth-order valence-electron chi connectivity index (χ4n) is 4.11. The lowest BCUT2D eigenvalue weighted by Crippen LogP contribution is -2.49. The molecule has 3 rings (SSSR count). The average molecular weight is 521 g/mol. The van der Waals surface area contributed by atoms with E-state index in [1.807, 2.05) is 0 Å². The minimum Gasteiger partial charge on any atom is -0.367 e. The Morgan fingerprint density at radius 1 is 1.31 bits per heavy atom. The van der Waals surface area contributed by atoms with Gasteiger partial charge < -0.3 is 15.0 Å². The molecule has 0 unspecified atom stereocenters. The zero-order chi connectivity index (χ0) is 26.3. The maximum atomic E-state index is 14.7. The van der Waals surface area contributed by atoms with Gasteiger partial charge in [-0.3, -0.25) is 4.79 Å². The highest BCUT2D eigenvalue weighted by molar-refractivity contribution is 7.91. The number of alkyl halides is 3. The van der Waals surface area contributed by atoms with Gasteiger partial charge in [-0.2, -0.15) is 13.2 Å². The van der Waals surface area contributed by atoms with E-state index in [0.29, 0.717) is 0 Å². The van der Waals surface area contributed by atoms with Crippen molar-refractivity contribution in [3.63, 3.8) is 0 Å². The quantitative estimate of drug-likeness (QED) is 0.540. The largest absolute Gasteiger partial charge is 0.419 e. The van der Waals surface area contributed by atoms with Gasteiger partial charge in [-0.1, -0.05) is 13.8 Å². The van der Waals surface area contributed by atoms with Gasteiger partial charge in [0.2, 0.25) is 5.91 Å². The topological polar surface area (TPSA) is 95.4 Å². The van der Waals surface area contributed by atoms with Gasteiger partial charge in [-0.05, 0) is 30.2 Å². The molecule has 1 fully saturated rings. The molecule has 2 aromatic rings. The molecule has 0 saturated carbocycles. The van der Waals surface area contributed by atoms with Crippen LogP contribution >= 0.6 is 0 Å². The highest BCUT2D eigenvalue weighted by atomic mass is 32.2. The highest BCUT2D eigenvalue weighted by Crippen LogP contribution is 2.46. The van der Waals surface area contributed by atoms with Crippen molar-refractivity contribution in [1.82, 2.24) is 4.98 Å². The van der Waals surface area contributed by atoms with E-state index >= 15 is 0 Å². The molecule has 7 nitrogen and oxygen atoms in total. The predicted molar refractivity (Wildman–Crippen MR) is 120 cm³/mol. The predicted octanol–water partition coefficient (Wildman–Crippen LogP) is 4.68. The van der Waals surface area contributed by atoms with Crippen molar-refractivity contribution in [2.24, 2.45) is 0 Å². The molecular formula is C22H25F5N4O3S. The van der Waals surface area contributed by atoms with E-state index in [-0.39, 0.29) is 22.0 Å². The maximum Gasteiger partial charge on any atom is 0.419 e. The molecule has 13 heteroatoms. The van der Waals surface area contributed by atoms with Crippen molar-refractivity contribution in [2.75, 3.05) is 30.1 Å². The molecule has 1 aliphatic rings. The molecular weight excluding hydrogens is 495 g/mol. The van der Waals surface area contributed by atoms with Gasteiger partial charge >= 0.3 is 6.18 Å². The molecule has 0 bridgehead atoms. The summed E-state index contributed by atoms with van der Waals surface area (Å²) < 4.78 is 95.4. The van der Waals surface area contributed by atoms with Gasteiger partial charge in [-0.15, -0.1) is 0 Å². The number of amides is 1. The summed E-state index contributed by atoms with van der Waals surface area (Å²) in [6.07, 6.45) is -3.34. The lowest BCUT2D eigenvalue weighted by atomic mass is 9.98. The second-order valence-corrected chi connectivity index (χ2v) is 10.8. The fraction of sp³-hybridized carbons (Fsp3) is 0.455. The lowest BCUT2D eigenvalue weighted by molar-refractivity contribution is -0.261. The van der Waals surface area contributed by atoms with Crippen molar-refractivity contribution in [3.8, 4) is 0 Å². The molecule has 192 valence electrons. The summed E-state index contributed by atoms with van der Waals surface area (Å²) in [6, 6.07) is 2.99. The summed E-state index contributed by atoms with van der Waals surface area (Å²) in [7, 11) is -2.34. The second kappa shape index (κ2) is 9.34. The number of pyridine rings is 1. The standard InChI is InChI=1S/C22H25F5N4O3S/c1-12(2)18-15(6-5-14(23)19(18)24)31-11-21(34-3,22(25,26)27)10-16(31)20(32)30-13-7-8-29-17(9-13)35(4,28)33/h5-9,12,16,28H,10-11H2,1-4H3,(H,29,30,32)/t16-,21+,35-/m1/s1. The van der Waals surface area contributed by atoms with Crippen molar-refractivity contribution in [1.29, 1.82) is 4.78 Å². The molecule has 3 atom stereocenters. The van der Waals surface area contributed by atoms with Crippen molar-refractivity contribution < 1.29 is 35.7 Å². The fourth-order valence-corrected chi connectivity index (χ4v) is 4.72. The Bertz CT molecular complexity index is 1240. The molecule has 0 aliphatic carbocycles. The molecule has 1 aromatic carbocycles. The van der Waals surface area contributed by atoms with E-state index in [9.17, 15) is 31.0 Å². The van der Waals surface area contributed by atoms with E-state index in [0.717, 1.165) is 30.4 Å². The molecule has 2 N–H and O–H groups in total. The summed E-state index contributed by atoms with van der Waals surface area (Å²) in [5.74, 6) is -3.84. The first-order valence-corrected chi connectivity index (χ1v) is 12.4. The number of hydrogen-bond acceptors (Lipinski definition) is 6. The lowest BCUT2D eigenvalue weighted by Gasteiger charge is -2.31. The first-order valence-electron chi connectivity index (χ1n) is 10.5. The van der Waals surface area contributed by atoms with Gasteiger partial charge in [-0.25, -0.2) is 22.8 Å². The first kappa shape index (κ1) is 26.8. The minimum atomic E-state index is -4.87. The third-order valence-electron chi connectivity index (χ3n) is 5.93. The van der Waals surface area contributed by atoms with Crippen molar-refractivity contribution >= 4 is 27.0 Å². The van der Waals surface area contributed by atoms with Crippen LogP contribution in [0, 0.1) is 16.4 Å². The van der Waals surface area contributed by atoms with Crippen LogP contribution in [0.2, 0.25) is 0 Å². The van der Waals surface area contributed by atoms with Gasteiger partial charge in [0.05, 0.1) is 16.3 Å². The summed E-state index contributed by atoms with van der Waals surface area (Å²) >= 11 is 0. The van der Waals surface area contributed by atoms with E-state index in [4.69, 9.17) is 9.52 Å². The molecule has 0 spiro atoms. The summed E-state index contributed by atoms with van der Waals surface area (Å²) in [5.41, 5.74) is -2.89. The normalized spacial score (nSPS) is 22.3. The zero-order valence-corrected chi connectivity index (χ0v) is 20.2. The molecule has 35 heavy (non-hydrogen) atoms. The molecule has 2 heterocycles. The number of rotatable bonds is 6. The van der Waals surface area contributed by atoms with Crippen LogP contribution in [0.3, 0.4) is 0 Å². The van der Waals surface area contributed by atoms with Gasteiger partial charge in [0.15, 0.2) is 17.2 Å². The van der Waals surface area contributed by atoms with Crippen molar-refractivity contribution in [3.05, 3.63) is 47.7 Å². The smallest absolute Gasteiger partial charge is 0.367 e. The average Bonchev–Trinajstić information content (AvgIpc) is 3.16. The third kappa shape index (κ3) is 5.10. The van der Waals surface area contributed by atoms with Crippen LogP contribution in [-0.4, -0.2) is 52.8 Å². The molecule has 1 saturated heterocycles. The minimum absolute atomic E-state index is 0.0552. The van der Waals surface area contributed by atoms with Crippen molar-refractivity contribution in [2.45, 2.75) is 49.0 Å². The monoisotopic (exact) mass is 520 g/mol. The van der Waals surface area contributed by atoms with Crippen LogP contribution < -0.4 is 10.2 Å². The number of methoxy groups -OCH3 is 1. The first-order chi connectivity index (χ1) is 16.1. The van der Waals surface area contributed by atoms with E-state index in [2.05, 4.69) is 10.3 Å². The Morgan fingerprint density at radius 3 is 2.51 bits per heavy atom. The SMILES string of the molecule is CO[C@@]1(C(F)(F)F)C[C@H](C(=O)Nc2ccnc([S@](C)(=N)=O)c2)N(c2ccc(F)c(F)c2C(C)C)C1. The van der Waals surface area contributed by atoms with Crippen LogP contribution in [0.5, 0.6) is 0 Å². The van der Waals surface area contributed by atoms with E-state index < -0.39 is 64.0 Å². The number of aromatic nitrogens is 1. The van der Waals surface area contributed by atoms with Gasteiger partial charge in [0.1, 0.15) is 11.1 Å². The number of carbonyl (C=O) groups is 1. The van der Waals surface area contributed by atoms with Crippen LogP contribution in [-0.2, 0) is 19.3 Å². The number of benzene rings is 1. The molecule has 1 aromatic heterocycles. The zero-order valence-electron chi connectivity index (χ0n) is 19.4. The number of hydrogen-bond donors (Lipinski definition) is 2. The van der Waals surface area contributed by atoms with E-state index in [1.165, 1.54) is 18.3 Å². The highest BCUT2D eigenvalue weighted by Gasteiger charge is 2.63. The number of anilines is 2. The Labute approximate surface area is 199 Å². The molecule has 0 radical (unpaired) electrons. The van der Waals surface area contributed by atoms with Crippen LogP contribution in [0.25, 0.3) is 0 Å². The molecule has 1 aliphatic heterocycles. The summed E-state index contributed by atoms with van der Waals surface area (Å²) in [5, 5.41) is 2.34.